The van der Waals surface area contributed by atoms with Crippen molar-refractivity contribution in [1.82, 2.24) is 5.32 Å². The molecule has 1 heterocycles. The van der Waals surface area contributed by atoms with Crippen LogP contribution >= 0.6 is 0 Å². The minimum atomic E-state index is -1.63. The fourth-order valence-corrected chi connectivity index (χ4v) is 11.0. The predicted molar refractivity (Wildman–Crippen MR) is 356 cm³/mol. The van der Waals surface area contributed by atoms with Crippen LogP contribution in [-0.4, -0.2) is 99.6 Å². The number of unbranched alkanes of at least 4 members (excludes halogenated alkanes) is 37. The summed E-state index contributed by atoms with van der Waals surface area (Å²) in [6.07, 6.45) is 69.5. The molecule has 0 radical (unpaired) electrons. The molecule has 6 N–H and O–H groups in total. The Hall–Kier alpha value is -2.90. The lowest BCUT2D eigenvalue weighted by Gasteiger charge is -2.41. The average Bonchev–Trinajstić information content (AvgIpc) is 2.49. The normalized spacial score (nSPS) is 18.8. The number of aliphatic hydroxyl groups excluding tert-OH is 5. The summed E-state index contributed by atoms with van der Waals surface area (Å²) in [6, 6.07) is -1.03. The van der Waals surface area contributed by atoms with Crippen LogP contribution in [0, 0.1) is 0 Å². The molecule has 8 unspecified atom stereocenters. The van der Waals surface area contributed by atoms with Gasteiger partial charge in [-0.2, -0.15) is 0 Å². The van der Waals surface area contributed by atoms with E-state index in [1.165, 1.54) is 186 Å². The Morgan fingerprint density at radius 3 is 1.27 bits per heavy atom. The maximum absolute atomic E-state index is 13.5. The Labute approximate surface area is 521 Å². The van der Waals surface area contributed by atoms with E-state index >= 15 is 0 Å². The zero-order valence-corrected chi connectivity index (χ0v) is 55.0. The van der Waals surface area contributed by atoms with Gasteiger partial charge in [0.05, 0.1) is 25.4 Å². The first-order valence-electron chi connectivity index (χ1n) is 35.7. The molecule has 0 aromatic rings. The topological polar surface area (TPSA) is 175 Å². The van der Waals surface area contributed by atoms with Crippen molar-refractivity contribution in [2.75, 3.05) is 13.2 Å². The summed E-state index contributed by atoms with van der Waals surface area (Å²) in [7, 11) is 0. The Kier molecular flexibility index (Phi) is 57.8. The monoisotopic (exact) mass is 1200 g/mol. The molecule has 0 saturated carbocycles. The fourth-order valence-electron chi connectivity index (χ4n) is 11.0. The molecule has 494 valence electrons. The van der Waals surface area contributed by atoms with Crippen molar-refractivity contribution in [2.24, 2.45) is 0 Å². The lowest BCUT2D eigenvalue weighted by Crippen LogP contribution is -2.61. The predicted octanol–water partition coefficient (Wildman–Crippen LogP) is 18.3. The number of amides is 1. The van der Waals surface area contributed by atoms with Gasteiger partial charge in [-0.1, -0.05) is 318 Å². The molecular formula is C74H133NO10. The van der Waals surface area contributed by atoms with Crippen molar-refractivity contribution in [3.8, 4) is 0 Å². The van der Waals surface area contributed by atoms with Crippen LogP contribution in [-0.2, 0) is 23.8 Å². The third kappa shape index (κ3) is 48.7. The van der Waals surface area contributed by atoms with E-state index in [0.717, 1.165) is 89.9 Å². The van der Waals surface area contributed by atoms with Crippen LogP contribution in [0.5, 0.6) is 0 Å². The van der Waals surface area contributed by atoms with E-state index in [4.69, 9.17) is 14.2 Å². The molecule has 11 heteroatoms. The molecule has 1 aliphatic heterocycles. The van der Waals surface area contributed by atoms with Crippen molar-refractivity contribution in [2.45, 2.75) is 372 Å². The molecule has 85 heavy (non-hydrogen) atoms. The SMILES string of the molecule is CC/C=C\C/C=C\C/C=C\C/C=C\C/C=C\CCCCCC(=O)OC1C(OCC(NC(=O)C(O)CCCCCCCCCCCCCCCCCCCCCCCCCC)C(O)/C=C/CCCCCCCCCCCCC)OC(CO)C(O)C1O. The number of allylic oxidation sites excluding steroid dienone is 11. The van der Waals surface area contributed by atoms with Crippen molar-refractivity contribution < 1.29 is 49.3 Å². The van der Waals surface area contributed by atoms with Crippen molar-refractivity contribution in [1.29, 1.82) is 0 Å². The maximum Gasteiger partial charge on any atom is 0.306 e. The first kappa shape index (κ1) is 80.1. The molecule has 1 amide bonds. The number of ether oxygens (including phenoxy) is 3. The number of carbonyl (C=O) groups excluding carboxylic acids is 2. The van der Waals surface area contributed by atoms with Crippen molar-refractivity contribution >= 4 is 11.9 Å². The first-order chi connectivity index (χ1) is 41.7. The Balaban J connectivity index is 2.60. The summed E-state index contributed by atoms with van der Waals surface area (Å²) in [6.45, 7) is 5.70. The third-order valence-corrected chi connectivity index (χ3v) is 16.6. The average molecular weight is 1200 g/mol. The fraction of sp³-hybridized carbons (Fsp3) is 0.811. The van der Waals surface area contributed by atoms with Gasteiger partial charge >= 0.3 is 5.97 Å². The highest BCUT2D eigenvalue weighted by atomic mass is 16.7. The number of rotatable bonds is 61. The molecule has 0 aromatic carbocycles. The molecule has 11 nitrogen and oxygen atoms in total. The van der Waals surface area contributed by atoms with Crippen LogP contribution in [0.25, 0.3) is 0 Å². The quantitative estimate of drug-likeness (QED) is 0.0195. The highest BCUT2D eigenvalue weighted by Crippen LogP contribution is 2.26. The van der Waals surface area contributed by atoms with Crippen molar-refractivity contribution in [3.63, 3.8) is 0 Å². The van der Waals surface area contributed by atoms with Crippen LogP contribution in [0.2, 0.25) is 0 Å². The maximum atomic E-state index is 13.5. The Bertz CT molecular complexity index is 1660. The molecule has 0 aliphatic carbocycles. The number of carbonyl (C=O) groups is 2. The van der Waals surface area contributed by atoms with Gasteiger partial charge in [-0.25, -0.2) is 0 Å². The first-order valence-corrected chi connectivity index (χ1v) is 35.7. The summed E-state index contributed by atoms with van der Waals surface area (Å²) in [4.78, 5) is 26.7. The molecular weight excluding hydrogens is 1060 g/mol. The molecule has 1 saturated heterocycles. The lowest BCUT2D eigenvalue weighted by atomic mass is 9.99. The lowest BCUT2D eigenvalue weighted by molar-refractivity contribution is -0.305. The molecule has 8 atom stereocenters. The van der Waals surface area contributed by atoms with E-state index in [-0.39, 0.29) is 13.0 Å². The zero-order chi connectivity index (χ0) is 61.7. The van der Waals surface area contributed by atoms with Gasteiger partial charge in [-0.05, 0) is 70.6 Å². The van der Waals surface area contributed by atoms with Crippen LogP contribution in [0.3, 0.4) is 0 Å². The van der Waals surface area contributed by atoms with Gasteiger partial charge in [0.25, 0.3) is 0 Å². The molecule has 1 fully saturated rings. The summed E-state index contributed by atoms with van der Waals surface area (Å²) in [5.41, 5.74) is 0. The Morgan fingerprint density at radius 2 is 0.847 bits per heavy atom. The van der Waals surface area contributed by atoms with Crippen LogP contribution in [0.4, 0.5) is 0 Å². The van der Waals surface area contributed by atoms with Gasteiger partial charge < -0.3 is 45.1 Å². The molecule has 0 spiro atoms. The molecule has 0 bridgehead atoms. The van der Waals surface area contributed by atoms with E-state index in [1.807, 2.05) is 6.08 Å². The molecule has 0 aromatic heterocycles. The smallest absolute Gasteiger partial charge is 0.306 e. The molecule has 1 aliphatic rings. The summed E-state index contributed by atoms with van der Waals surface area (Å²) in [5.74, 6) is -1.22. The van der Waals surface area contributed by atoms with Gasteiger partial charge in [-0.3, -0.25) is 9.59 Å². The van der Waals surface area contributed by atoms with Gasteiger partial charge in [-0.15, -0.1) is 0 Å². The minimum absolute atomic E-state index is 0.0833. The van der Waals surface area contributed by atoms with E-state index in [1.54, 1.807) is 6.08 Å². The van der Waals surface area contributed by atoms with Gasteiger partial charge in [0.15, 0.2) is 12.4 Å². The van der Waals surface area contributed by atoms with Crippen LogP contribution in [0.15, 0.2) is 72.9 Å². The summed E-state index contributed by atoms with van der Waals surface area (Å²) >= 11 is 0. The van der Waals surface area contributed by atoms with Gasteiger partial charge in [0, 0.05) is 6.42 Å². The summed E-state index contributed by atoms with van der Waals surface area (Å²) in [5, 5.41) is 57.2. The van der Waals surface area contributed by atoms with Crippen LogP contribution < -0.4 is 5.32 Å². The van der Waals surface area contributed by atoms with Gasteiger partial charge in [0.1, 0.15) is 24.4 Å². The Morgan fingerprint density at radius 1 is 0.471 bits per heavy atom. The minimum Gasteiger partial charge on any atom is -0.454 e. The van der Waals surface area contributed by atoms with Gasteiger partial charge in [0.2, 0.25) is 5.91 Å². The number of nitrogens with one attached hydrogen (secondary N) is 1. The third-order valence-electron chi connectivity index (χ3n) is 16.6. The van der Waals surface area contributed by atoms with E-state index in [0.29, 0.717) is 19.3 Å². The zero-order valence-electron chi connectivity index (χ0n) is 55.0. The standard InChI is InChI=1S/C74H133NO10/c1-4-7-10-13-16-19-22-25-27-29-31-32-33-34-35-37-38-40-43-46-49-52-55-58-61-67(78)73(82)75-65(66(77)60-57-54-51-48-45-42-24-21-18-15-12-9-6-3)64-83-74-72(71(81)70(80)68(63-76)84-74)85-69(79)62-59-56-53-50-47-44-41-39-36-30-28-26-23-20-17-14-11-8-5-2/h8,11,17,20,26,28,36,39,44,47,57,60,65-68,70-72,74,76-78,80-81H,4-7,9-10,12-16,18-19,21-25,27,29-35,37-38,40-43,45-46,48-56,58-59,61-64H2,1-3H3,(H,75,82)/b11-8-,20-17-,28-26-,39-36-,47-44-,60-57+. The van der Waals surface area contributed by atoms with E-state index in [2.05, 4.69) is 86.8 Å². The van der Waals surface area contributed by atoms with E-state index < -0.39 is 67.4 Å². The largest absolute Gasteiger partial charge is 0.454 e. The van der Waals surface area contributed by atoms with Crippen molar-refractivity contribution in [3.05, 3.63) is 72.9 Å². The second-order valence-corrected chi connectivity index (χ2v) is 24.6. The highest BCUT2D eigenvalue weighted by molar-refractivity contribution is 5.80. The number of hydrogen-bond acceptors (Lipinski definition) is 10. The highest BCUT2D eigenvalue weighted by Gasteiger charge is 2.47. The number of hydrogen-bond donors (Lipinski definition) is 6. The summed E-state index contributed by atoms with van der Waals surface area (Å²) < 4.78 is 17.7. The molecule has 1 rings (SSSR count). The second-order valence-electron chi connectivity index (χ2n) is 24.6. The second kappa shape index (κ2) is 61.3. The van der Waals surface area contributed by atoms with E-state index in [9.17, 15) is 35.1 Å². The van der Waals surface area contributed by atoms with Crippen LogP contribution in [0.1, 0.15) is 323 Å². The number of esters is 1. The number of aliphatic hydroxyl groups is 5.